The number of benzene rings is 3. The Hall–Kier alpha value is -3.11. The number of halogens is 1. The standard InChI is InChI=1S/C23H19ClN4O3S2/c1-15-7-5-6-10-19(15)20(16-8-3-2-4-9-16)28-33(30,31)23-27-26-22(32-23)25-21(29)17-11-13-18(24)14-12-17/h2-14,20,28H,1H3,(H,25,26,29). The number of anilines is 1. The summed E-state index contributed by atoms with van der Waals surface area (Å²) in [6, 6.07) is 22.5. The van der Waals surface area contributed by atoms with E-state index in [2.05, 4.69) is 20.2 Å². The Kier molecular flexibility index (Phi) is 6.85. The highest BCUT2D eigenvalue weighted by atomic mass is 35.5. The Labute approximate surface area is 200 Å². The summed E-state index contributed by atoms with van der Waals surface area (Å²) in [5.41, 5.74) is 2.92. The molecule has 0 bridgehead atoms. The Bertz CT molecular complexity index is 1370. The van der Waals surface area contributed by atoms with Crippen molar-refractivity contribution < 1.29 is 13.2 Å². The molecule has 0 saturated carbocycles. The molecule has 0 aliphatic rings. The van der Waals surface area contributed by atoms with Gasteiger partial charge in [0, 0.05) is 10.6 Å². The number of nitrogens with zero attached hydrogens (tertiary/aromatic N) is 2. The zero-order valence-corrected chi connectivity index (χ0v) is 19.8. The predicted molar refractivity (Wildman–Crippen MR) is 129 cm³/mol. The van der Waals surface area contributed by atoms with Crippen molar-refractivity contribution in [1.82, 2.24) is 14.9 Å². The number of hydrogen-bond donors (Lipinski definition) is 2. The van der Waals surface area contributed by atoms with E-state index in [0.717, 1.165) is 28.0 Å². The number of aryl methyl sites for hydroxylation is 1. The van der Waals surface area contributed by atoms with Gasteiger partial charge in [0.1, 0.15) is 0 Å². The van der Waals surface area contributed by atoms with Gasteiger partial charge in [-0.1, -0.05) is 77.5 Å². The van der Waals surface area contributed by atoms with Gasteiger partial charge in [0.05, 0.1) is 6.04 Å². The first-order chi connectivity index (χ1) is 15.8. The lowest BCUT2D eigenvalue weighted by Crippen LogP contribution is -2.30. The van der Waals surface area contributed by atoms with Crippen molar-refractivity contribution in [2.24, 2.45) is 0 Å². The molecule has 33 heavy (non-hydrogen) atoms. The van der Waals surface area contributed by atoms with Crippen molar-refractivity contribution >= 4 is 44.0 Å². The molecule has 0 aliphatic carbocycles. The molecule has 10 heteroatoms. The maximum absolute atomic E-state index is 13.2. The number of rotatable bonds is 7. The first kappa shape index (κ1) is 23.1. The lowest BCUT2D eigenvalue weighted by Gasteiger charge is -2.20. The van der Waals surface area contributed by atoms with E-state index in [1.165, 1.54) is 0 Å². The molecule has 1 amide bonds. The molecule has 0 radical (unpaired) electrons. The first-order valence-electron chi connectivity index (χ1n) is 9.87. The van der Waals surface area contributed by atoms with Crippen LogP contribution in [0.15, 0.2) is 83.2 Å². The largest absolute Gasteiger partial charge is 0.296 e. The molecule has 1 aromatic heterocycles. The van der Waals surface area contributed by atoms with Crippen molar-refractivity contribution in [3.05, 3.63) is 106 Å². The van der Waals surface area contributed by atoms with Crippen LogP contribution in [0.4, 0.5) is 5.13 Å². The van der Waals surface area contributed by atoms with E-state index in [4.69, 9.17) is 11.6 Å². The molecular weight excluding hydrogens is 480 g/mol. The topological polar surface area (TPSA) is 101 Å². The van der Waals surface area contributed by atoms with Crippen LogP contribution >= 0.6 is 22.9 Å². The second-order valence-electron chi connectivity index (χ2n) is 7.16. The van der Waals surface area contributed by atoms with Crippen LogP contribution in [0.1, 0.15) is 33.1 Å². The molecule has 168 valence electrons. The van der Waals surface area contributed by atoms with Crippen LogP contribution in [0.25, 0.3) is 0 Å². The molecule has 0 spiro atoms. The monoisotopic (exact) mass is 498 g/mol. The fourth-order valence-corrected chi connectivity index (χ4v) is 5.45. The van der Waals surface area contributed by atoms with Crippen LogP contribution < -0.4 is 10.0 Å². The molecule has 3 aromatic carbocycles. The number of hydrogen-bond acceptors (Lipinski definition) is 6. The molecule has 1 heterocycles. The van der Waals surface area contributed by atoms with E-state index in [9.17, 15) is 13.2 Å². The Morgan fingerprint density at radius 2 is 1.61 bits per heavy atom. The van der Waals surface area contributed by atoms with E-state index >= 15 is 0 Å². The minimum Gasteiger partial charge on any atom is -0.296 e. The third-order valence-corrected chi connectivity index (χ3v) is 7.75. The maximum Gasteiger partial charge on any atom is 0.270 e. The van der Waals surface area contributed by atoms with Crippen molar-refractivity contribution in [1.29, 1.82) is 0 Å². The fraction of sp³-hybridized carbons (Fsp3) is 0.0870. The van der Waals surface area contributed by atoms with Crippen LogP contribution in [0, 0.1) is 6.92 Å². The molecule has 0 aliphatic heterocycles. The third kappa shape index (κ3) is 5.45. The number of aromatic nitrogens is 2. The van der Waals surface area contributed by atoms with Crippen LogP contribution in [-0.4, -0.2) is 24.5 Å². The highest BCUT2D eigenvalue weighted by Crippen LogP contribution is 2.28. The van der Waals surface area contributed by atoms with E-state index in [1.54, 1.807) is 24.3 Å². The molecule has 4 rings (SSSR count). The number of amides is 1. The Morgan fingerprint density at radius 3 is 2.30 bits per heavy atom. The molecule has 4 aromatic rings. The number of carbonyl (C=O) groups is 1. The SMILES string of the molecule is Cc1ccccc1C(NS(=O)(=O)c1nnc(NC(=O)c2ccc(Cl)cc2)s1)c1ccccc1. The van der Waals surface area contributed by atoms with E-state index in [-0.39, 0.29) is 9.47 Å². The van der Waals surface area contributed by atoms with Gasteiger partial charge in [0.25, 0.3) is 15.9 Å². The molecular formula is C23H19ClN4O3S2. The van der Waals surface area contributed by atoms with Gasteiger partial charge in [-0.3, -0.25) is 10.1 Å². The summed E-state index contributed by atoms with van der Waals surface area (Å²) in [4.78, 5) is 12.4. The lowest BCUT2D eigenvalue weighted by molar-refractivity contribution is 0.102. The zero-order valence-electron chi connectivity index (χ0n) is 17.4. The van der Waals surface area contributed by atoms with Crippen molar-refractivity contribution in [3.8, 4) is 0 Å². The van der Waals surface area contributed by atoms with Crippen LogP contribution in [-0.2, 0) is 10.0 Å². The predicted octanol–water partition coefficient (Wildman–Crippen LogP) is 4.82. The summed E-state index contributed by atoms with van der Waals surface area (Å²) in [7, 11) is -4.03. The molecule has 0 fully saturated rings. The van der Waals surface area contributed by atoms with E-state index in [0.29, 0.717) is 10.6 Å². The van der Waals surface area contributed by atoms with Crippen molar-refractivity contribution in [2.75, 3.05) is 5.32 Å². The fourth-order valence-electron chi connectivity index (χ4n) is 3.21. The van der Waals surface area contributed by atoms with Crippen LogP contribution in [0.5, 0.6) is 0 Å². The van der Waals surface area contributed by atoms with Crippen LogP contribution in [0.3, 0.4) is 0 Å². The second kappa shape index (κ2) is 9.80. The van der Waals surface area contributed by atoms with E-state index in [1.807, 2.05) is 61.5 Å². The first-order valence-corrected chi connectivity index (χ1v) is 12.5. The summed E-state index contributed by atoms with van der Waals surface area (Å²) in [6.45, 7) is 1.93. The number of nitrogens with one attached hydrogen (secondary N) is 2. The highest BCUT2D eigenvalue weighted by Gasteiger charge is 2.27. The smallest absolute Gasteiger partial charge is 0.270 e. The van der Waals surface area contributed by atoms with Gasteiger partial charge in [-0.05, 0) is 47.9 Å². The molecule has 7 nitrogen and oxygen atoms in total. The molecule has 1 unspecified atom stereocenters. The molecule has 0 saturated heterocycles. The quantitative estimate of drug-likeness (QED) is 0.356. The number of sulfonamides is 1. The Balaban J connectivity index is 1.58. The third-order valence-electron chi connectivity index (χ3n) is 4.87. The highest BCUT2D eigenvalue weighted by molar-refractivity contribution is 7.91. The van der Waals surface area contributed by atoms with Crippen molar-refractivity contribution in [2.45, 2.75) is 17.3 Å². The Morgan fingerprint density at radius 1 is 0.939 bits per heavy atom. The van der Waals surface area contributed by atoms with Gasteiger partial charge in [-0.25, -0.2) is 8.42 Å². The number of carbonyl (C=O) groups excluding carboxylic acids is 1. The summed E-state index contributed by atoms with van der Waals surface area (Å²) in [5, 5.41) is 10.8. The van der Waals surface area contributed by atoms with Gasteiger partial charge in [-0.2, -0.15) is 4.72 Å². The van der Waals surface area contributed by atoms with Gasteiger partial charge >= 0.3 is 0 Å². The summed E-state index contributed by atoms with van der Waals surface area (Å²) >= 11 is 6.62. The van der Waals surface area contributed by atoms with Gasteiger partial charge in [0.2, 0.25) is 9.47 Å². The lowest BCUT2D eigenvalue weighted by atomic mass is 9.96. The maximum atomic E-state index is 13.2. The van der Waals surface area contributed by atoms with Gasteiger partial charge < -0.3 is 0 Å². The summed E-state index contributed by atoms with van der Waals surface area (Å²) in [6.07, 6.45) is 0. The minimum absolute atomic E-state index is 0.0717. The average molecular weight is 499 g/mol. The second-order valence-corrected chi connectivity index (χ2v) is 10.5. The van der Waals surface area contributed by atoms with Crippen LogP contribution in [0.2, 0.25) is 5.02 Å². The normalized spacial score (nSPS) is 12.3. The van der Waals surface area contributed by atoms with Gasteiger partial charge in [0.15, 0.2) is 0 Å². The molecule has 2 N–H and O–H groups in total. The van der Waals surface area contributed by atoms with Crippen molar-refractivity contribution in [3.63, 3.8) is 0 Å². The zero-order chi connectivity index (χ0) is 23.4. The minimum atomic E-state index is -4.03. The van der Waals surface area contributed by atoms with E-state index < -0.39 is 22.0 Å². The average Bonchev–Trinajstić information content (AvgIpc) is 3.29. The summed E-state index contributed by atoms with van der Waals surface area (Å²) in [5.74, 6) is -0.443. The summed E-state index contributed by atoms with van der Waals surface area (Å²) < 4.78 is 28.8. The molecule has 1 atom stereocenters. The van der Waals surface area contributed by atoms with Gasteiger partial charge in [-0.15, -0.1) is 10.2 Å².